The Morgan fingerprint density at radius 2 is 1.82 bits per heavy atom. The van der Waals surface area contributed by atoms with Crippen LogP contribution < -0.4 is 22.1 Å². The van der Waals surface area contributed by atoms with Crippen LogP contribution in [0.1, 0.15) is 28.8 Å². The molecule has 1 spiro atoms. The molecule has 0 aliphatic carbocycles. The van der Waals surface area contributed by atoms with E-state index in [0.29, 0.717) is 12.1 Å². The van der Waals surface area contributed by atoms with Gasteiger partial charge in [0.25, 0.3) is 5.91 Å². The molecule has 38 heavy (non-hydrogen) atoms. The fourth-order valence-corrected chi connectivity index (χ4v) is 5.37. The molecule has 4 heterocycles. The number of aliphatic hydroxyl groups is 2. The summed E-state index contributed by atoms with van der Waals surface area (Å²) in [5.74, 6) is -6.91. The lowest BCUT2D eigenvalue weighted by Gasteiger charge is -2.49. The number of carbonyl (C=O) groups excluding carboxylic acids is 3. The monoisotopic (exact) mass is 542 g/mol. The zero-order valence-corrected chi connectivity index (χ0v) is 19.4. The summed E-state index contributed by atoms with van der Waals surface area (Å²) in [5, 5.41) is 27.6. The zero-order chi connectivity index (χ0) is 27.8. The van der Waals surface area contributed by atoms with E-state index in [-0.39, 0.29) is 37.4 Å². The minimum absolute atomic E-state index is 0.00448. The van der Waals surface area contributed by atoms with Gasteiger partial charge in [0.05, 0.1) is 18.2 Å². The van der Waals surface area contributed by atoms with Crippen LogP contribution in [0.3, 0.4) is 0 Å². The van der Waals surface area contributed by atoms with E-state index in [1.54, 1.807) is 0 Å². The Labute approximate surface area is 211 Å². The normalized spacial score (nSPS) is 30.0. The second-order valence-corrected chi connectivity index (χ2v) is 9.39. The Morgan fingerprint density at radius 1 is 1.16 bits per heavy atom. The van der Waals surface area contributed by atoms with Crippen LogP contribution >= 0.6 is 0 Å². The third-order valence-electron chi connectivity index (χ3n) is 7.12. The molecule has 8 N–H and O–H groups in total. The second-order valence-electron chi connectivity index (χ2n) is 9.39. The fourth-order valence-electron chi connectivity index (χ4n) is 5.37. The molecule has 4 aliphatic rings. The van der Waals surface area contributed by atoms with Crippen molar-refractivity contribution in [2.24, 2.45) is 21.5 Å². The van der Waals surface area contributed by atoms with Gasteiger partial charge in [0.2, 0.25) is 17.6 Å². The molecule has 0 saturated carbocycles. The van der Waals surface area contributed by atoms with E-state index in [9.17, 15) is 42.2 Å². The minimum atomic E-state index is -4.93. The van der Waals surface area contributed by atoms with E-state index in [2.05, 4.69) is 20.6 Å². The van der Waals surface area contributed by atoms with E-state index in [0.717, 1.165) is 4.90 Å². The molecule has 3 amide bonds. The van der Waals surface area contributed by atoms with Gasteiger partial charge in [-0.15, -0.1) is 0 Å². The van der Waals surface area contributed by atoms with Crippen molar-refractivity contribution in [3.8, 4) is 0 Å². The standard InChI is InChI=1S/C21H22F4N8O5/c22-10-4-8(3-9(5-10)21(23,24)25)16(36)29-12-7-33-18(27)28-11(6-32-13(34)1-2-14(32)35)15-19(33,20(12,37)38)31-17(26)30-15/h3-5,11-12,15,37-38H,1-2,6-7H2,(H2,27,28)(H,29,36)(H3,26,30,31)/t11-,12-,15?,19?/m0/s1. The van der Waals surface area contributed by atoms with Gasteiger partial charge >= 0.3 is 6.18 Å². The number of hydrogen-bond donors (Lipinski definition) is 6. The number of guanidine groups is 2. The first kappa shape index (κ1) is 25.7. The molecule has 13 nitrogen and oxygen atoms in total. The summed E-state index contributed by atoms with van der Waals surface area (Å²) in [6.45, 7) is -0.705. The third kappa shape index (κ3) is 3.72. The number of benzene rings is 1. The predicted molar refractivity (Wildman–Crippen MR) is 119 cm³/mol. The number of nitrogens with two attached hydrogens (primary N) is 2. The molecule has 5 rings (SSSR count). The first-order valence-corrected chi connectivity index (χ1v) is 11.3. The van der Waals surface area contributed by atoms with Crippen molar-refractivity contribution in [2.75, 3.05) is 13.1 Å². The largest absolute Gasteiger partial charge is 0.416 e. The molecule has 0 bridgehead atoms. The molecule has 0 aromatic heterocycles. The number of rotatable bonds is 4. The highest BCUT2D eigenvalue weighted by Crippen LogP contribution is 2.45. The summed E-state index contributed by atoms with van der Waals surface area (Å²) in [6, 6.07) is -2.70. The average molecular weight is 542 g/mol. The fraction of sp³-hybridized carbons (Fsp3) is 0.476. The van der Waals surface area contributed by atoms with Crippen LogP contribution in [0.4, 0.5) is 17.6 Å². The maximum atomic E-state index is 13.8. The van der Waals surface area contributed by atoms with Gasteiger partial charge in [-0.1, -0.05) is 0 Å². The highest BCUT2D eigenvalue weighted by atomic mass is 19.4. The summed E-state index contributed by atoms with van der Waals surface area (Å²) < 4.78 is 53.2. The van der Waals surface area contributed by atoms with Crippen molar-refractivity contribution in [1.82, 2.24) is 20.4 Å². The molecule has 2 unspecified atom stereocenters. The predicted octanol–water partition coefficient (Wildman–Crippen LogP) is -2.23. The van der Waals surface area contributed by atoms with Gasteiger partial charge in [0.15, 0.2) is 17.6 Å². The van der Waals surface area contributed by atoms with Crippen LogP contribution in [0.15, 0.2) is 28.2 Å². The number of aliphatic imine (C=N–C) groups is 2. The van der Waals surface area contributed by atoms with Gasteiger partial charge in [-0.05, 0) is 18.2 Å². The number of amides is 3. The molecule has 4 aliphatic heterocycles. The van der Waals surface area contributed by atoms with Crippen LogP contribution in [0, 0.1) is 5.82 Å². The van der Waals surface area contributed by atoms with Crippen molar-refractivity contribution in [2.45, 2.75) is 48.6 Å². The smallest absolute Gasteiger partial charge is 0.370 e. The van der Waals surface area contributed by atoms with E-state index in [1.807, 2.05) is 0 Å². The van der Waals surface area contributed by atoms with Crippen molar-refractivity contribution in [3.05, 3.63) is 35.1 Å². The lowest BCUT2D eigenvalue weighted by molar-refractivity contribution is -0.230. The molecule has 2 fully saturated rings. The number of likely N-dealkylation sites (tertiary alicyclic amines) is 1. The zero-order valence-electron chi connectivity index (χ0n) is 19.4. The SMILES string of the molecule is NC1=NC2[C@H](CN3C(=O)CCC3=O)N=C(N)N3C[C@H](NC(=O)c4cc(F)cc(C(F)(F)F)c4)C(O)(O)C23N1. The Morgan fingerprint density at radius 3 is 2.45 bits per heavy atom. The van der Waals surface area contributed by atoms with Gasteiger partial charge in [0.1, 0.15) is 17.9 Å². The summed E-state index contributed by atoms with van der Waals surface area (Å²) in [5.41, 5.74) is 7.82. The van der Waals surface area contributed by atoms with Crippen LogP contribution in [-0.4, -0.2) is 92.3 Å². The van der Waals surface area contributed by atoms with Crippen molar-refractivity contribution >= 4 is 29.6 Å². The average Bonchev–Trinajstić information content (AvgIpc) is 3.41. The number of alkyl halides is 3. The molecule has 1 aromatic carbocycles. The van der Waals surface area contributed by atoms with Crippen LogP contribution in [0.2, 0.25) is 0 Å². The molecule has 17 heteroatoms. The van der Waals surface area contributed by atoms with Gasteiger partial charge in [-0.3, -0.25) is 19.3 Å². The van der Waals surface area contributed by atoms with Crippen molar-refractivity contribution < 1.29 is 42.2 Å². The summed E-state index contributed by atoms with van der Waals surface area (Å²) >= 11 is 0. The van der Waals surface area contributed by atoms with Crippen LogP contribution in [0.25, 0.3) is 0 Å². The van der Waals surface area contributed by atoms with Gasteiger partial charge in [-0.25, -0.2) is 14.4 Å². The maximum Gasteiger partial charge on any atom is 0.416 e. The number of halogens is 4. The number of imide groups is 1. The highest BCUT2D eigenvalue weighted by Gasteiger charge is 2.73. The van der Waals surface area contributed by atoms with E-state index >= 15 is 0 Å². The topological polar surface area (TPSA) is 199 Å². The molecule has 204 valence electrons. The van der Waals surface area contributed by atoms with E-state index in [1.165, 1.54) is 4.90 Å². The Kier molecular flexibility index (Phi) is 5.57. The maximum absolute atomic E-state index is 13.8. The first-order chi connectivity index (χ1) is 17.6. The molecule has 0 radical (unpaired) electrons. The summed E-state index contributed by atoms with van der Waals surface area (Å²) in [7, 11) is 0. The summed E-state index contributed by atoms with van der Waals surface area (Å²) in [4.78, 5) is 47.8. The quantitative estimate of drug-likeness (QED) is 0.138. The molecule has 2 saturated heterocycles. The number of nitrogens with zero attached hydrogens (tertiary/aromatic N) is 4. The number of hydrogen-bond acceptors (Lipinski definition) is 11. The van der Waals surface area contributed by atoms with Crippen LogP contribution in [-0.2, 0) is 15.8 Å². The van der Waals surface area contributed by atoms with Crippen LogP contribution in [0.5, 0.6) is 0 Å². The highest BCUT2D eigenvalue weighted by molar-refractivity contribution is 6.02. The summed E-state index contributed by atoms with van der Waals surface area (Å²) in [6.07, 6.45) is -4.93. The van der Waals surface area contributed by atoms with Crippen molar-refractivity contribution in [1.29, 1.82) is 0 Å². The molecular formula is C21H22F4N8O5. The number of nitrogens with one attached hydrogen (secondary N) is 2. The Hall–Kier alpha value is -3.99. The Bertz CT molecular complexity index is 1280. The number of carbonyl (C=O) groups is 3. The minimum Gasteiger partial charge on any atom is -0.370 e. The lowest BCUT2D eigenvalue weighted by atomic mass is 9.84. The molecule has 1 aromatic rings. The van der Waals surface area contributed by atoms with E-state index < -0.39 is 77.0 Å². The van der Waals surface area contributed by atoms with Gasteiger partial charge in [-0.2, -0.15) is 13.2 Å². The molecule has 4 atom stereocenters. The molecular weight excluding hydrogens is 520 g/mol. The second kappa shape index (κ2) is 8.26. The Balaban J connectivity index is 1.46. The van der Waals surface area contributed by atoms with E-state index in [4.69, 9.17) is 11.5 Å². The third-order valence-corrected chi connectivity index (χ3v) is 7.12. The first-order valence-electron chi connectivity index (χ1n) is 11.3. The van der Waals surface area contributed by atoms with Crippen molar-refractivity contribution in [3.63, 3.8) is 0 Å². The lowest BCUT2D eigenvalue weighted by Crippen LogP contribution is -2.78. The van der Waals surface area contributed by atoms with Gasteiger partial charge in [0, 0.05) is 24.9 Å². The van der Waals surface area contributed by atoms with Gasteiger partial charge < -0.3 is 37.2 Å².